The monoisotopic (exact) mass is 395 g/mol. The van der Waals surface area contributed by atoms with Crippen LogP contribution in [0.3, 0.4) is 0 Å². The molecule has 0 aliphatic rings. The molecular formula is C18H13F4N3OS. The number of carbonyl (C=O) groups excluding carboxylic acids is 1. The molecule has 0 bridgehead atoms. The van der Waals surface area contributed by atoms with Gasteiger partial charge in [-0.15, -0.1) is 11.8 Å². The van der Waals surface area contributed by atoms with Crippen molar-refractivity contribution in [3.05, 3.63) is 66.2 Å². The summed E-state index contributed by atoms with van der Waals surface area (Å²) in [7, 11) is 0. The maximum Gasteiger partial charge on any atom is 0.435 e. The van der Waals surface area contributed by atoms with E-state index in [1.54, 1.807) is 30.3 Å². The Morgan fingerprint density at radius 3 is 2.48 bits per heavy atom. The maximum absolute atomic E-state index is 14.4. The van der Waals surface area contributed by atoms with Gasteiger partial charge in [0.25, 0.3) is 0 Å². The fourth-order valence-electron chi connectivity index (χ4n) is 2.43. The number of hydrogen-bond donors (Lipinski definition) is 1. The molecule has 1 heterocycles. The number of rotatable bonds is 3. The van der Waals surface area contributed by atoms with Gasteiger partial charge >= 0.3 is 12.2 Å². The minimum absolute atomic E-state index is 0.252. The summed E-state index contributed by atoms with van der Waals surface area (Å²) in [5.74, 6) is -0.470. The van der Waals surface area contributed by atoms with Crippen LogP contribution >= 0.6 is 11.8 Å². The number of halogens is 4. The van der Waals surface area contributed by atoms with Crippen molar-refractivity contribution in [2.45, 2.75) is 11.1 Å². The van der Waals surface area contributed by atoms with E-state index in [2.05, 4.69) is 10.4 Å². The summed E-state index contributed by atoms with van der Waals surface area (Å²) in [6, 6.07) is 10.9. The molecule has 0 fully saturated rings. The number of nitrogens with one attached hydrogen (secondary N) is 1. The molecule has 1 aromatic heterocycles. The quantitative estimate of drug-likeness (QED) is 0.470. The highest BCUT2D eigenvalue weighted by molar-refractivity contribution is 7.98. The van der Waals surface area contributed by atoms with Crippen molar-refractivity contribution in [2.75, 3.05) is 11.6 Å². The third kappa shape index (κ3) is 4.13. The van der Waals surface area contributed by atoms with Gasteiger partial charge in [0.15, 0.2) is 5.69 Å². The van der Waals surface area contributed by atoms with Crippen LogP contribution in [0.2, 0.25) is 0 Å². The van der Waals surface area contributed by atoms with Crippen LogP contribution < -0.4 is 5.32 Å². The molecule has 0 aliphatic heterocycles. The topological polar surface area (TPSA) is 46.9 Å². The second kappa shape index (κ2) is 7.43. The lowest BCUT2D eigenvalue weighted by atomic mass is 10.0. The van der Waals surface area contributed by atoms with Gasteiger partial charge in [-0.3, -0.25) is 0 Å². The van der Waals surface area contributed by atoms with Gasteiger partial charge < -0.3 is 5.32 Å². The average Bonchev–Trinajstić information content (AvgIpc) is 3.13. The molecule has 1 N–H and O–H groups in total. The summed E-state index contributed by atoms with van der Waals surface area (Å²) in [5.41, 5.74) is -0.258. The molecular weight excluding hydrogens is 382 g/mol. The first-order valence-electron chi connectivity index (χ1n) is 7.67. The molecule has 3 rings (SSSR count). The van der Waals surface area contributed by atoms with Gasteiger partial charge in [0.2, 0.25) is 0 Å². The average molecular weight is 395 g/mol. The third-order valence-corrected chi connectivity index (χ3v) is 4.45. The van der Waals surface area contributed by atoms with E-state index in [1.165, 1.54) is 23.9 Å². The smallest absolute Gasteiger partial charge is 0.305 e. The Bertz CT molecular complexity index is 985. The number of aromatic nitrogens is 2. The second-order valence-corrected chi connectivity index (χ2v) is 6.34. The highest BCUT2D eigenvalue weighted by atomic mass is 32.2. The molecule has 0 saturated carbocycles. The van der Waals surface area contributed by atoms with Gasteiger partial charge in [0.05, 0.1) is 5.69 Å². The van der Waals surface area contributed by atoms with Crippen LogP contribution in [0.4, 0.5) is 28.0 Å². The lowest BCUT2D eigenvalue weighted by Crippen LogP contribution is -2.21. The summed E-state index contributed by atoms with van der Waals surface area (Å²) < 4.78 is 52.9. The molecule has 0 spiro atoms. The zero-order chi connectivity index (χ0) is 19.6. The van der Waals surface area contributed by atoms with Crippen LogP contribution in [-0.2, 0) is 6.18 Å². The Kier molecular flexibility index (Phi) is 5.22. The molecule has 140 valence electrons. The van der Waals surface area contributed by atoms with Crippen molar-refractivity contribution >= 4 is 23.5 Å². The minimum atomic E-state index is -4.65. The highest BCUT2D eigenvalue weighted by Crippen LogP contribution is 2.32. The van der Waals surface area contributed by atoms with Crippen molar-refractivity contribution in [2.24, 2.45) is 0 Å². The van der Waals surface area contributed by atoms with E-state index in [4.69, 9.17) is 0 Å². The summed E-state index contributed by atoms with van der Waals surface area (Å²) in [6.45, 7) is 0. The maximum atomic E-state index is 14.4. The Balaban J connectivity index is 1.91. The molecule has 9 heteroatoms. The van der Waals surface area contributed by atoms with E-state index in [0.717, 1.165) is 11.1 Å². The normalized spacial score (nSPS) is 11.4. The van der Waals surface area contributed by atoms with Gasteiger partial charge in [-0.2, -0.15) is 23.0 Å². The second-order valence-electron chi connectivity index (χ2n) is 5.46. The number of carbonyl (C=O) groups is 1. The zero-order valence-corrected chi connectivity index (χ0v) is 14.7. The van der Waals surface area contributed by atoms with Gasteiger partial charge in [0.1, 0.15) is 5.82 Å². The lowest BCUT2D eigenvalue weighted by molar-refractivity contribution is -0.141. The predicted molar refractivity (Wildman–Crippen MR) is 95.3 cm³/mol. The molecule has 27 heavy (non-hydrogen) atoms. The number of nitrogens with zero attached hydrogens (tertiary/aromatic N) is 2. The van der Waals surface area contributed by atoms with Gasteiger partial charge in [0, 0.05) is 22.2 Å². The fourth-order valence-corrected chi connectivity index (χ4v) is 2.85. The molecule has 4 nitrogen and oxygen atoms in total. The van der Waals surface area contributed by atoms with Crippen molar-refractivity contribution in [1.29, 1.82) is 0 Å². The Hall–Kier alpha value is -2.81. The molecule has 0 radical (unpaired) electrons. The van der Waals surface area contributed by atoms with Crippen LogP contribution in [0.5, 0.6) is 0 Å². The van der Waals surface area contributed by atoms with E-state index in [1.807, 2.05) is 6.26 Å². The predicted octanol–water partition coefficient (Wildman–Crippen LogP) is 5.51. The van der Waals surface area contributed by atoms with Crippen LogP contribution in [0.25, 0.3) is 11.1 Å². The van der Waals surface area contributed by atoms with Crippen LogP contribution in [-0.4, -0.2) is 22.1 Å². The number of hydrogen-bond acceptors (Lipinski definition) is 3. The Morgan fingerprint density at radius 1 is 1.11 bits per heavy atom. The summed E-state index contributed by atoms with van der Waals surface area (Å²) in [4.78, 5) is 13.0. The van der Waals surface area contributed by atoms with Crippen molar-refractivity contribution in [3.8, 4) is 11.1 Å². The Labute approximate surface area is 156 Å². The largest absolute Gasteiger partial charge is 0.435 e. The summed E-state index contributed by atoms with van der Waals surface area (Å²) in [6.07, 6.45) is -1.91. The molecule has 2 aromatic carbocycles. The zero-order valence-electron chi connectivity index (χ0n) is 13.9. The van der Waals surface area contributed by atoms with Crippen LogP contribution in [0.15, 0.2) is 59.6 Å². The van der Waals surface area contributed by atoms with Crippen LogP contribution in [0, 0.1) is 5.82 Å². The van der Waals surface area contributed by atoms with E-state index in [0.29, 0.717) is 16.3 Å². The van der Waals surface area contributed by atoms with Gasteiger partial charge in [-0.05, 0) is 30.5 Å². The van der Waals surface area contributed by atoms with Crippen molar-refractivity contribution in [1.82, 2.24) is 9.78 Å². The first-order valence-corrected chi connectivity index (χ1v) is 8.89. The Morgan fingerprint density at radius 2 is 1.85 bits per heavy atom. The number of para-hydroxylation sites is 1. The highest BCUT2D eigenvalue weighted by Gasteiger charge is 2.34. The van der Waals surface area contributed by atoms with E-state index in [-0.39, 0.29) is 11.3 Å². The first kappa shape index (κ1) is 19.0. The van der Waals surface area contributed by atoms with Crippen LogP contribution in [0.1, 0.15) is 5.69 Å². The number of amides is 1. The molecule has 0 atom stereocenters. The van der Waals surface area contributed by atoms with Crippen molar-refractivity contribution < 1.29 is 22.4 Å². The molecule has 0 unspecified atom stereocenters. The molecule has 3 aromatic rings. The number of alkyl halides is 3. The molecule has 1 amide bonds. The van der Waals surface area contributed by atoms with E-state index in [9.17, 15) is 22.4 Å². The van der Waals surface area contributed by atoms with Crippen molar-refractivity contribution in [3.63, 3.8) is 0 Å². The number of anilines is 1. The SMILES string of the molecule is CSc1ccc(-c2ccccc2NC(=O)n2ccc(C(F)(F)F)n2)c(F)c1. The van der Waals surface area contributed by atoms with Gasteiger partial charge in [-0.1, -0.05) is 24.3 Å². The number of benzene rings is 2. The standard InChI is InChI=1S/C18H13F4N3OS/c1-27-11-6-7-12(14(19)10-11)13-4-2-3-5-15(13)23-17(26)25-9-8-16(24-25)18(20,21)22/h2-10H,1H3,(H,23,26). The summed E-state index contributed by atoms with van der Waals surface area (Å²) in [5, 5.41) is 5.69. The summed E-state index contributed by atoms with van der Waals surface area (Å²) >= 11 is 1.39. The third-order valence-electron chi connectivity index (χ3n) is 3.72. The van der Waals surface area contributed by atoms with E-state index >= 15 is 0 Å². The lowest BCUT2D eigenvalue weighted by Gasteiger charge is -2.12. The number of thioether (sulfide) groups is 1. The first-order chi connectivity index (χ1) is 12.8. The fraction of sp³-hybridized carbons (Fsp3) is 0.111. The molecule has 0 saturated heterocycles. The van der Waals surface area contributed by atoms with E-state index < -0.39 is 23.7 Å². The minimum Gasteiger partial charge on any atom is -0.305 e. The molecule has 0 aliphatic carbocycles. The van der Waals surface area contributed by atoms with Gasteiger partial charge in [-0.25, -0.2) is 9.18 Å².